The Bertz CT molecular complexity index is 3020. The van der Waals surface area contributed by atoms with Gasteiger partial charge in [-0.05, 0) is 83.0 Å². The van der Waals surface area contributed by atoms with E-state index in [-0.39, 0.29) is 11.5 Å². The van der Waals surface area contributed by atoms with Gasteiger partial charge in [-0.1, -0.05) is 121 Å². The van der Waals surface area contributed by atoms with Gasteiger partial charge in [-0.2, -0.15) is 0 Å². The van der Waals surface area contributed by atoms with Gasteiger partial charge in [0.2, 0.25) is 0 Å². The number of fused-ring (bicyclic) bond motifs is 8. The Balaban J connectivity index is 1.46. The molecule has 8 bridgehead atoms. The molecule has 0 unspecified atom stereocenters. The molecule has 56 heavy (non-hydrogen) atoms. The van der Waals surface area contributed by atoms with Crippen molar-refractivity contribution in [3.8, 4) is 67.1 Å². The second-order valence-electron chi connectivity index (χ2n) is 13.9. The lowest BCUT2D eigenvalue weighted by atomic mass is 9.98. The van der Waals surface area contributed by atoms with E-state index >= 15 is 0 Å². The second-order valence-corrected chi connectivity index (χ2v) is 13.9. The molecule has 6 heteroatoms. The summed E-state index contributed by atoms with van der Waals surface area (Å²) in [6, 6.07) is 52.0. The number of phenols is 2. The van der Waals surface area contributed by atoms with Gasteiger partial charge >= 0.3 is 0 Å². The lowest BCUT2D eigenvalue weighted by Gasteiger charge is -2.09. The fourth-order valence-electron chi connectivity index (χ4n) is 7.87. The van der Waals surface area contributed by atoms with E-state index < -0.39 is 0 Å². The van der Waals surface area contributed by atoms with Crippen molar-refractivity contribution >= 4 is 46.4 Å². The highest BCUT2D eigenvalue weighted by molar-refractivity contribution is 6.05. The molecule has 0 spiro atoms. The van der Waals surface area contributed by atoms with E-state index in [1.807, 2.05) is 78.9 Å². The highest BCUT2D eigenvalue weighted by Crippen LogP contribution is 2.43. The predicted octanol–water partition coefficient (Wildman–Crippen LogP) is 12.4. The SMILES string of the molecule is Oc1ccc(O)c(-c2cc3[nH]c2c(-c2ccccc2)c2nc(c(-c4ccccc4)c4ccc([nH]4)c(-c4ccccc4)c4nc(c3-c3ccccc3)C=C4)C=C2)c1. The standard InChI is InChI=1S/C50H34N4O2/c55-35-21-28-45(56)36(29-35)37-30-44-48(33-17-9-3-10-18-33)42-25-24-40(52-42)46(31-13-5-1-6-14-31)38-22-23-39(51-38)47(32-15-7-2-8-16-32)41-26-27-43(53-41)49(50(37)54-44)34-19-11-4-12-20-34/h1-30,51,54-56H. The molecule has 0 radical (unpaired) electrons. The fraction of sp³-hybridized carbons (Fsp3) is 0. The molecule has 8 aromatic rings. The van der Waals surface area contributed by atoms with Crippen LogP contribution in [0.2, 0.25) is 0 Å². The summed E-state index contributed by atoms with van der Waals surface area (Å²) in [6.07, 6.45) is 8.28. The number of benzene rings is 5. The normalized spacial score (nSPS) is 11.9. The van der Waals surface area contributed by atoms with Crippen LogP contribution in [0.15, 0.2) is 158 Å². The summed E-state index contributed by atoms with van der Waals surface area (Å²) in [5.41, 5.74) is 15.4. The summed E-state index contributed by atoms with van der Waals surface area (Å²) in [4.78, 5) is 18.4. The molecule has 0 atom stereocenters. The summed E-state index contributed by atoms with van der Waals surface area (Å²) in [7, 11) is 0. The third kappa shape index (κ3) is 5.77. The third-order valence-corrected chi connectivity index (χ3v) is 10.4. The molecule has 10 rings (SSSR count). The molecule has 3 aromatic heterocycles. The third-order valence-electron chi connectivity index (χ3n) is 10.4. The largest absolute Gasteiger partial charge is 0.508 e. The van der Waals surface area contributed by atoms with Crippen molar-refractivity contribution in [3.05, 3.63) is 181 Å². The lowest BCUT2D eigenvalue weighted by Crippen LogP contribution is -1.90. The molecule has 6 nitrogen and oxygen atoms in total. The maximum absolute atomic E-state index is 11.4. The summed E-state index contributed by atoms with van der Waals surface area (Å²) in [5.74, 6) is 0.0915. The van der Waals surface area contributed by atoms with Crippen LogP contribution in [0.1, 0.15) is 22.8 Å². The molecular formula is C50H34N4O2. The number of aromatic hydroxyl groups is 2. The van der Waals surface area contributed by atoms with Crippen LogP contribution in [0.3, 0.4) is 0 Å². The Labute approximate surface area is 323 Å². The van der Waals surface area contributed by atoms with Gasteiger partial charge in [0.1, 0.15) is 11.5 Å². The van der Waals surface area contributed by atoms with Crippen molar-refractivity contribution < 1.29 is 10.2 Å². The van der Waals surface area contributed by atoms with Crippen LogP contribution >= 0.6 is 0 Å². The monoisotopic (exact) mass is 722 g/mol. The minimum Gasteiger partial charge on any atom is -0.508 e. The topological polar surface area (TPSA) is 97.8 Å². The van der Waals surface area contributed by atoms with Gasteiger partial charge in [0.15, 0.2) is 0 Å². The molecule has 0 amide bonds. The highest BCUT2D eigenvalue weighted by atomic mass is 16.3. The predicted molar refractivity (Wildman–Crippen MR) is 229 cm³/mol. The van der Waals surface area contributed by atoms with Crippen LogP contribution in [0.4, 0.5) is 0 Å². The Morgan fingerprint density at radius 2 is 0.768 bits per heavy atom. The van der Waals surface area contributed by atoms with Crippen molar-refractivity contribution in [1.82, 2.24) is 19.9 Å². The van der Waals surface area contributed by atoms with Crippen LogP contribution < -0.4 is 0 Å². The van der Waals surface area contributed by atoms with Crippen LogP contribution in [-0.2, 0) is 0 Å². The van der Waals surface area contributed by atoms with Gasteiger partial charge in [0, 0.05) is 49.9 Å². The first-order valence-electron chi connectivity index (χ1n) is 18.5. The Morgan fingerprint density at radius 1 is 0.357 bits per heavy atom. The van der Waals surface area contributed by atoms with Gasteiger partial charge in [-0.3, -0.25) is 0 Å². The molecule has 5 heterocycles. The first-order valence-corrected chi connectivity index (χ1v) is 18.5. The number of hydrogen-bond acceptors (Lipinski definition) is 4. The van der Waals surface area contributed by atoms with Gasteiger partial charge in [0.05, 0.1) is 28.3 Å². The summed E-state index contributed by atoms with van der Waals surface area (Å²) in [5, 5.41) is 22.2. The van der Waals surface area contributed by atoms with Crippen molar-refractivity contribution in [2.45, 2.75) is 0 Å². The number of aromatic nitrogens is 4. The van der Waals surface area contributed by atoms with Crippen LogP contribution in [-0.4, -0.2) is 30.1 Å². The average Bonchev–Trinajstić information content (AvgIpc) is 4.08. The second kappa shape index (κ2) is 13.6. The molecule has 2 aliphatic rings. The van der Waals surface area contributed by atoms with Crippen molar-refractivity contribution in [2.75, 3.05) is 0 Å². The first-order chi connectivity index (χ1) is 27.6. The quantitative estimate of drug-likeness (QED) is 0.133. The van der Waals surface area contributed by atoms with Crippen molar-refractivity contribution in [2.24, 2.45) is 0 Å². The minimum absolute atomic E-state index is 0.0446. The average molecular weight is 723 g/mol. The number of aromatic amines is 2. The van der Waals surface area contributed by atoms with E-state index in [2.05, 4.69) is 94.9 Å². The van der Waals surface area contributed by atoms with E-state index in [0.717, 1.165) is 89.4 Å². The van der Waals surface area contributed by atoms with Gasteiger partial charge in [-0.25, -0.2) is 9.97 Å². The summed E-state index contributed by atoms with van der Waals surface area (Å²) < 4.78 is 0. The van der Waals surface area contributed by atoms with E-state index in [4.69, 9.17) is 9.97 Å². The smallest absolute Gasteiger partial charge is 0.123 e. The van der Waals surface area contributed by atoms with Crippen molar-refractivity contribution in [3.63, 3.8) is 0 Å². The molecule has 4 N–H and O–H groups in total. The molecule has 0 aliphatic carbocycles. The number of nitrogens with zero attached hydrogens (tertiary/aromatic N) is 2. The number of phenolic OH excluding ortho intramolecular Hbond substituents is 2. The maximum Gasteiger partial charge on any atom is 0.123 e. The molecule has 2 aliphatic heterocycles. The zero-order valence-corrected chi connectivity index (χ0v) is 30.1. The van der Waals surface area contributed by atoms with E-state index in [0.29, 0.717) is 11.1 Å². The maximum atomic E-state index is 11.4. The number of nitrogens with one attached hydrogen (secondary N) is 2. The van der Waals surface area contributed by atoms with Crippen LogP contribution in [0.25, 0.3) is 102 Å². The van der Waals surface area contributed by atoms with E-state index in [9.17, 15) is 10.2 Å². The van der Waals surface area contributed by atoms with E-state index in [1.165, 1.54) is 12.1 Å². The van der Waals surface area contributed by atoms with Crippen LogP contribution in [0, 0.1) is 0 Å². The number of rotatable bonds is 5. The lowest BCUT2D eigenvalue weighted by molar-refractivity contribution is 0.462. The van der Waals surface area contributed by atoms with Gasteiger partial charge in [0.25, 0.3) is 0 Å². The molecule has 266 valence electrons. The number of H-pyrrole nitrogens is 2. The molecule has 5 aromatic carbocycles. The Hall–Kier alpha value is -7.70. The Kier molecular flexibility index (Phi) is 8.00. The minimum atomic E-state index is 0.0446. The summed E-state index contributed by atoms with van der Waals surface area (Å²) in [6.45, 7) is 0. The van der Waals surface area contributed by atoms with Crippen LogP contribution in [0.5, 0.6) is 11.5 Å². The summed E-state index contributed by atoms with van der Waals surface area (Å²) >= 11 is 0. The Morgan fingerprint density at radius 3 is 1.23 bits per heavy atom. The molecular weight excluding hydrogens is 689 g/mol. The first kappa shape index (κ1) is 32.9. The zero-order valence-electron chi connectivity index (χ0n) is 30.1. The highest BCUT2D eigenvalue weighted by Gasteiger charge is 2.22. The molecule has 0 saturated heterocycles. The molecule has 0 saturated carbocycles. The van der Waals surface area contributed by atoms with Gasteiger partial charge in [-0.15, -0.1) is 0 Å². The zero-order chi connectivity index (χ0) is 37.6. The van der Waals surface area contributed by atoms with E-state index in [1.54, 1.807) is 6.07 Å². The fourth-order valence-corrected chi connectivity index (χ4v) is 7.87. The number of hydrogen-bond donors (Lipinski definition) is 4. The van der Waals surface area contributed by atoms with Gasteiger partial charge < -0.3 is 20.2 Å². The van der Waals surface area contributed by atoms with Crippen molar-refractivity contribution in [1.29, 1.82) is 0 Å². The molecule has 0 fully saturated rings.